The second-order valence-electron chi connectivity index (χ2n) is 6.40. The van der Waals surface area contributed by atoms with Crippen LogP contribution in [0.4, 0.5) is 0 Å². The van der Waals surface area contributed by atoms with Gasteiger partial charge in [0.2, 0.25) is 0 Å². The number of nitriles is 1. The number of nitrogens with two attached hydrogens (primary N) is 1. The van der Waals surface area contributed by atoms with Gasteiger partial charge in [-0.1, -0.05) is 48.9 Å². The van der Waals surface area contributed by atoms with Crippen molar-refractivity contribution in [2.75, 3.05) is 0 Å². The smallest absolute Gasteiger partial charge is 0.184 e. The molecule has 0 saturated heterocycles. The Balaban J connectivity index is 2.00. The first-order valence-corrected chi connectivity index (χ1v) is 9.48. The van der Waals surface area contributed by atoms with Crippen molar-refractivity contribution in [3.63, 3.8) is 0 Å². The van der Waals surface area contributed by atoms with Gasteiger partial charge in [0.25, 0.3) is 0 Å². The van der Waals surface area contributed by atoms with E-state index in [1.165, 1.54) is 0 Å². The topological polar surface area (TPSA) is 83.9 Å². The van der Waals surface area contributed by atoms with E-state index in [0.29, 0.717) is 0 Å². The van der Waals surface area contributed by atoms with Gasteiger partial charge in [0.05, 0.1) is 11.0 Å². The maximum Gasteiger partial charge on any atom is 0.184 e. The van der Waals surface area contributed by atoms with Gasteiger partial charge in [0.1, 0.15) is 10.8 Å². The highest BCUT2D eigenvalue weighted by molar-refractivity contribution is 7.92. The van der Waals surface area contributed by atoms with Crippen LogP contribution in [-0.4, -0.2) is 19.2 Å². The van der Waals surface area contributed by atoms with Gasteiger partial charge in [-0.2, -0.15) is 5.26 Å². The molecule has 0 bridgehead atoms. The molecule has 5 heteroatoms. The van der Waals surface area contributed by atoms with E-state index in [1.807, 2.05) is 37.3 Å². The largest absolute Gasteiger partial charge is 0.312 e. The van der Waals surface area contributed by atoms with Crippen LogP contribution in [0.2, 0.25) is 0 Å². The highest BCUT2D eigenvalue weighted by atomic mass is 32.2. The van der Waals surface area contributed by atoms with Gasteiger partial charge in [-0.25, -0.2) is 8.42 Å². The van der Waals surface area contributed by atoms with E-state index in [0.717, 1.165) is 23.1 Å². The van der Waals surface area contributed by atoms with Gasteiger partial charge in [-0.05, 0) is 36.6 Å². The standard InChI is InChI=1S/C19H20N2O2S/c1-3-14-6-8-15(9-7-14)17-18(19(17,21)12-20)24(22,23)16-10-4-13(2)5-11-16/h4-11,17-18H,3,21H2,1-2H3/t17-,18-,19-/m1/s1. The molecule has 1 fully saturated rings. The zero-order chi connectivity index (χ0) is 17.5. The van der Waals surface area contributed by atoms with Gasteiger partial charge in [-0.3, -0.25) is 0 Å². The van der Waals surface area contributed by atoms with E-state index >= 15 is 0 Å². The predicted octanol–water partition coefficient (Wildman–Crippen LogP) is 2.72. The molecule has 124 valence electrons. The van der Waals surface area contributed by atoms with Crippen molar-refractivity contribution in [3.8, 4) is 6.07 Å². The first kappa shape index (κ1) is 16.7. The molecule has 0 aromatic heterocycles. The second kappa shape index (κ2) is 5.73. The lowest BCUT2D eigenvalue weighted by molar-refractivity contribution is 0.592. The van der Waals surface area contributed by atoms with Gasteiger partial charge >= 0.3 is 0 Å². The Labute approximate surface area is 142 Å². The summed E-state index contributed by atoms with van der Waals surface area (Å²) in [5.41, 5.74) is 7.72. The minimum atomic E-state index is -3.66. The Morgan fingerprint density at radius 3 is 2.21 bits per heavy atom. The summed E-state index contributed by atoms with van der Waals surface area (Å²) >= 11 is 0. The fourth-order valence-corrected chi connectivity index (χ4v) is 5.41. The molecule has 1 aliphatic carbocycles. The van der Waals surface area contributed by atoms with E-state index < -0.39 is 26.5 Å². The summed E-state index contributed by atoms with van der Waals surface area (Å²) in [5.74, 6) is -0.500. The lowest BCUT2D eigenvalue weighted by Gasteiger charge is -2.05. The molecule has 2 aromatic rings. The fourth-order valence-electron chi connectivity index (χ4n) is 3.23. The third-order valence-corrected chi connectivity index (χ3v) is 7.06. The van der Waals surface area contributed by atoms with Crippen LogP contribution < -0.4 is 5.73 Å². The van der Waals surface area contributed by atoms with E-state index in [1.54, 1.807) is 24.3 Å². The van der Waals surface area contributed by atoms with Crippen molar-refractivity contribution in [1.29, 1.82) is 5.26 Å². The maximum atomic E-state index is 13.0. The number of aryl methyl sites for hydroxylation is 2. The van der Waals surface area contributed by atoms with E-state index in [-0.39, 0.29) is 4.90 Å². The Kier molecular flexibility index (Phi) is 3.98. The molecule has 4 nitrogen and oxygen atoms in total. The average Bonchev–Trinajstić information content (AvgIpc) is 3.23. The van der Waals surface area contributed by atoms with Crippen molar-refractivity contribution in [3.05, 3.63) is 65.2 Å². The number of benzene rings is 2. The number of nitrogens with zero attached hydrogens (tertiary/aromatic N) is 1. The van der Waals surface area contributed by atoms with Crippen LogP contribution in [-0.2, 0) is 16.3 Å². The SMILES string of the molecule is CCc1ccc([C@@H]2[C@@H](S(=O)(=O)c3ccc(C)cc3)[C@@]2(N)C#N)cc1. The van der Waals surface area contributed by atoms with Crippen LogP contribution >= 0.6 is 0 Å². The third kappa shape index (κ3) is 2.52. The molecular weight excluding hydrogens is 320 g/mol. The monoisotopic (exact) mass is 340 g/mol. The van der Waals surface area contributed by atoms with Crippen LogP contribution in [0.1, 0.15) is 29.5 Å². The first-order valence-electron chi connectivity index (χ1n) is 7.94. The normalized spacial score (nSPS) is 25.9. The average molecular weight is 340 g/mol. The van der Waals surface area contributed by atoms with E-state index in [2.05, 4.69) is 6.92 Å². The predicted molar refractivity (Wildman–Crippen MR) is 93.2 cm³/mol. The molecule has 0 amide bonds. The molecule has 2 aromatic carbocycles. The van der Waals surface area contributed by atoms with Crippen molar-refractivity contribution in [2.45, 2.75) is 41.9 Å². The number of hydrogen-bond donors (Lipinski definition) is 1. The molecule has 3 rings (SSSR count). The lowest BCUT2D eigenvalue weighted by atomic mass is 10.0. The van der Waals surface area contributed by atoms with Crippen LogP contribution in [0, 0.1) is 18.3 Å². The molecule has 24 heavy (non-hydrogen) atoms. The first-order chi connectivity index (χ1) is 11.3. The lowest BCUT2D eigenvalue weighted by Crippen LogP contribution is -2.29. The summed E-state index contributed by atoms with van der Waals surface area (Å²) in [4.78, 5) is 0.218. The summed E-state index contributed by atoms with van der Waals surface area (Å²) in [6, 6.07) is 16.4. The van der Waals surface area contributed by atoms with Crippen molar-refractivity contribution in [1.82, 2.24) is 0 Å². The van der Waals surface area contributed by atoms with Crippen molar-refractivity contribution in [2.24, 2.45) is 5.73 Å². The number of hydrogen-bond acceptors (Lipinski definition) is 4. The summed E-state index contributed by atoms with van der Waals surface area (Å²) in [6.07, 6.45) is 0.905. The van der Waals surface area contributed by atoms with Crippen LogP contribution in [0.3, 0.4) is 0 Å². The molecule has 1 aliphatic rings. The minimum absolute atomic E-state index is 0.218. The molecule has 0 radical (unpaired) electrons. The molecule has 0 spiro atoms. The van der Waals surface area contributed by atoms with Crippen molar-refractivity contribution >= 4 is 9.84 Å². The van der Waals surface area contributed by atoms with Gasteiger partial charge in [-0.15, -0.1) is 0 Å². The molecule has 0 aliphatic heterocycles. The van der Waals surface area contributed by atoms with Crippen LogP contribution in [0.25, 0.3) is 0 Å². The minimum Gasteiger partial charge on any atom is -0.312 e. The quantitative estimate of drug-likeness (QED) is 0.927. The molecule has 0 heterocycles. The summed E-state index contributed by atoms with van der Waals surface area (Å²) < 4.78 is 25.9. The van der Waals surface area contributed by atoms with Gasteiger partial charge in [0.15, 0.2) is 9.84 Å². The Bertz CT molecular complexity index is 896. The summed E-state index contributed by atoms with van der Waals surface area (Å²) in [6.45, 7) is 3.95. The summed E-state index contributed by atoms with van der Waals surface area (Å²) in [7, 11) is -3.66. The molecule has 3 atom stereocenters. The van der Waals surface area contributed by atoms with Crippen LogP contribution in [0.15, 0.2) is 53.4 Å². The van der Waals surface area contributed by atoms with E-state index in [4.69, 9.17) is 5.73 Å². The molecule has 0 unspecified atom stereocenters. The van der Waals surface area contributed by atoms with Crippen molar-refractivity contribution < 1.29 is 8.42 Å². The molecular formula is C19H20N2O2S. The van der Waals surface area contributed by atoms with Gasteiger partial charge in [0, 0.05) is 5.92 Å². The highest BCUT2D eigenvalue weighted by Crippen LogP contribution is 2.55. The van der Waals surface area contributed by atoms with Crippen LogP contribution in [0.5, 0.6) is 0 Å². The maximum absolute atomic E-state index is 13.0. The number of rotatable bonds is 4. The van der Waals surface area contributed by atoms with Gasteiger partial charge < -0.3 is 5.73 Å². The number of sulfone groups is 1. The fraction of sp³-hybridized carbons (Fsp3) is 0.316. The van der Waals surface area contributed by atoms with E-state index in [9.17, 15) is 13.7 Å². The summed E-state index contributed by atoms with van der Waals surface area (Å²) in [5, 5.41) is 8.57. The molecule has 1 saturated carbocycles. The highest BCUT2D eigenvalue weighted by Gasteiger charge is 2.70. The second-order valence-corrected chi connectivity index (χ2v) is 8.47. The third-order valence-electron chi connectivity index (χ3n) is 4.80. The Morgan fingerprint density at radius 2 is 1.71 bits per heavy atom. The Hall–Kier alpha value is -2.16. The Morgan fingerprint density at radius 1 is 1.12 bits per heavy atom. The molecule has 2 N–H and O–H groups in total. The zero-order valence-corrected chi connectivity index (χ0v) is 14.5. The zero-order valence-electron chi connectivity index (χ0n) is 13.7.